The Bertz CT molecular complexity index is 376. The van der Waals surface area contributed by atoms with Gasteiger partial charge in [-0.3, -0.25) is 4.79 Å². The largest absolute Gasteiger partial charge is 0.384 e. The van der Waals surface area contributed by atoms with Crippen molar-refractivity contribution in [2.24, 2.45) is 0 Å². The molecule has 0 spiro atoms. The van der Waals surface area contributed by atoms with E-state index in [9.17, 15) is 4.79 Å². The first-order valence-corrected chi connectivity index (χ1v) is 6.76. The minimum absolute atomic E-state index is 0.110. The van der Waals surface area contributed by atoms with Gasteiger partial charge in [-0.05, 0) is 45.6 Å². The number of aromatic nitrogens is 1. The molecular weight excluding hydrogens is 240 g/mol. The topological polar surface area (TPSA) is 57.3 Å². The van der Waals surface area contributed by atoms with Crippen LogP contribution in [0.15, 0.2) is 18.3 Å². The summed E-state index contributed by atoms with van der Waals surface area (Å²) in [4.78, 5) is 18.1. The van der Waals surface area contributed by atoms with Crippen LogP contribution in [-0.2, 0) is 0 Å². The first-order chi connectivity index (χ1) is 9.13. The lowest BCUT2D eigenvalue weighted by molar-refractivity contribution is 0.0947. The molecule has 1 aromatic heterocycles. The summed E-state index contributed by atoms with van der Waals surface area (Å²) in [5.74, 6) is -0.110. The van der Waals surface area contributed by atoms with Gasteiger partial charge in [0.1, 0.15) is 5.69 Å². The van der Waals surface area contributed by atoms with Crippen molar-refractivity contribution in [3.05, 3.63) is 24.0 Å². The number of pyridine rings is 1. The van der Waals surface area contributed by atoms with E-state index in [0.717, 1.165) is 31.6 Å². The molecule has 1 aromatic rings. The van der Waals surface area contributed by atoms with Crippen LogP contribution in [0.2, 0.25) is 0 Å². The van der Waals surface area contributed by atoms with Crippen LogP contribution in [0, 0.1) is 0 Å². The molecule has 0 fully saturated rings. The molecule has 5 heteroatoms. The second-order valence-corrected chi connectivity index (χ2v) is 4.77. The van der Waals surface area contributed by atoms with Crippen molar-refractivity contribution < 1.29 is 4.79 Å². The second-order valence-electron chi connectivity index (χ2n) is 4.77. The van der Waals surface area contributed by atoms with Crippen LogP contribution in [0.1, 0.15) is 30.3 Å². The number of nitrogens with one attached hydrogen (secondary N) is 2. The maximum Gasteiger partial charge on any atom is 0.269 e. The van der Waals surface area contributed by atoms with Crippen molar-refractivity contribution in [3.63, 3.8) is 0 Å². The van der Waals surface area contributed by atoms with E-state index in [0.29, 0.717) is 12.2 Å². The van der Waals surface area contributed by atoms with Crippen LogP contribution in [0.3, 0.4) is 0 Å². The van der Waals surface area contributed by atoms with Crippen molar-refractivity contribution in [2.45, 2.75) is 19.8 Å². The van der Waals surface area contributed by atoms with Crippen molar-refractivity contribution in [1.29, 1.82) is 0 Å². The summed E-state index contributed by atoms with van der Waals surface area (Å²) in [5.41, 5.74) is 1.41. The van der Waals surface area contributed by atoms with Crippen molar-refractivity contribution >= 4 is 11.6 Å². The fraction of sp³-hybridized carbons (Fsp3) is 0.571. The highest BCUT2D eigenvalue weighted by atomic mass is 16.1. The summed E-state index contributed by atoms with van der Waals surface area (Å²) >= 11 is 0. The molecule has 5 nitrogen and oxygen atoms in total. The minimum atomic E-state index is -0.110. The van der Waals surface area contributed by atoms with Crippen molar-refractivity contribution in [2.75, 3.05) is 39.0 Å². The van der Waals surface area contributed by atoms with Gasteiger partial charge in [-0.15, -0.1) is 0 Å². The number of hydrogen-bond donors (Lipinski definition) is 2. The molecule has 0 atom stereocenters. The molecule has 0 unspecified atom stereocenters. The lowest BCUT2D eigenvalue weighted by atomic mass is 10.3. The normalized spacial score (nSPS) is 10.5. The molecule has 106 valence electrons. The monoisotopic (exact) mass is 264 g/mol. The zero-order valence-electron chi connectivity index (χ0n) is 12.1. The summed E-state index contributed by atoms with van der Waals surface area (Å²) < 4.78 is 0. The highest BCUT2D eigenvalue weighted by Gasteiger charge is 2.06. The quantitative estimate of drug-likeness (QED) is 0.700. The van der Waals surface area contributed by atoms with E-state index in [1.807, 2.05) is 20.2 Å². The number of carbonyl (C=O) groups excluding carboxylic acids is 1. The van der Waals surface area contributed by atoms with Crippen LogP contribution >= 0.6 is 0 Å². The van der Waals surface area contributed by atoms with Gasteiger partial charge in [0.25, 0.3) is 5.91 Å². The molecule has 0 aliphatic heterocycles. The highest BCUT2D eigenvalue weighted by Crippen LogP contribution is 2.06. The molecular formula is C14H24N4O. The van der Waals surface area contributed by atoms with Gasteiger partial charge in [-0.25, -0.2) is 4.98 Å². The van der Waals surface area contributed by atoms with E-state index in [4.69, 9.17) is 0 Å². The highest BCUT2D eigenvalue weighted by molar-refractivity contribution is 5.92. The summed E-state index contributed by atoms with van der Waals surface area (Å²) in [6.45, 7) is 4.66. The fourth-order valence-electron chi connectivity index (χ4n) is 1.59. The molecule has 0 bridgehead atoms. The molecule has 0 saturated heterocycles. The zero-order chi connectivity index (χ0) is 14.1. The van der Waals surface area contributed by atoms with E-state index < -0.39 is 0 Å². The Labute approximate surface area is 115 Å². The first-order valence-electron chi connectivity index (χ1n) is 6.76. The molecule has 1 heterocycles. The molecule has 0 aromatic carbocycles. The molecule has 19 heavy (non-hydrogen) atoms. The predicted octanol–water partition coefficient (Wildman–Crippen LogP) is 1.58. The van der Waals surface area contributed by atoms with E-state index >= 15 is 0 Å². The lowest BCUT2D eigenvalue weighted by Gasteiger charge is -2.10. The SMILES string of the molecule is CCCNc1ccc(C(=O)NCCCN(C)C)nc1. The Morgan fingerprint density at radius 3 is 2.68 bits per heavy atom. The maximum absolute atomic E-state index is 11.8. The molecule has 1 rings (SSSR count). The number of amides is 1. The fourth-order valence-corrected chi connectivity index (χ4v) is 1.59. The number of rotatable bonds is 8. The van der Waals surface area contributed by atoms with Gasteiger partial charge in [0.15, 0.2) is 0 Å². The summed E-state index contributed by atoms with van der Waals surface area (Å²) in [6, 6.07) is 3.64. The molecule has 0 aliphatic carbocycles. The average molecular weight is 264 g/mol. The van der Waals surface area contributed by atoms with Crippen molar-refractivity contribution in [1.82, 2.24) is 15.2 Å². The summed E-state index contributed by atoms with van der Waals surface area (Å²) in [6.07, 6.45) is 3.70. The van der Waals surface area contributed by atoms with Crippen LogP contribution in [0.4, 0.5) is 5.69 Å². The Morgan fingerprint density at radius 2 is 2.11 bits per heavy atom. The number of anilines is 1. The van der Waals surface area contributed by atoms with E-state index in [2.05, 4.69) is 27.4 Å². The number of carbonyl (C=O) groups is 1. The van der Waals surface area contributed by atoms with Crippen LogP contribution in [0.5, 0.6) is 0 Å². The van der Waals surface area contributed by atoms with Crippen LogP contribution < -0.4 is 10.6 Å². The van der Waals surface area contributed by atoms with E-state index in [1.54, 1.807) is 12.3 Å². The Hall–Kier alpha value is -1.62. The average Bonchev–Trinajstić information content (AvgIpc) is 2.41. The molecule has 0 aliphatic rings. The Kier molecular flexibility index (Phi) is 6.89. The van der Waals surface area contributed by atoms with Gasteiger partial charge in [0, 0.05) is 13.1 Å². The van der Waals surface area contributed by atoms with Gasteiger partial charge in [0.2, 0.25) is 0 Å². The predicted molar refractivity (Wildman–Crippen MR) is 78.5 cm³/mol. The van der Waals surface area contributed by atoms with Gasteiger partial charge in [-0.2, -0.15) is 0 Å². The van der Waals surface area contributed by atoms with E-state index in [-0.39, 0.29) is 5.91 Å². The smallest absolute Gasteiger partial charge is 0.269 e. The van der Waals surface area contributed by atoms with E-state index in [1.165, 1.54) is 0 Å². The standard InChI is InChI=1S/C14H24N4O/c1-4-8-15-12-6-7-13(17-11-12)14(19)16-9-5-10-18(2)3/h6-7,11,15H,4-5,8-10H2,1-3H3,(H,16,19). The van der Waals surface area contributed by atoms with Gasteiger partial charge < -0.3 is 15.5 Å². The minimum Gasteiger partial charge on any atom is -0.384 e. The summed E-state index contributed by atoms with van der Waals surface area (Å²) in [5, 5.41) is 6.09. The molecule has 0 saturated carbocycles. The maximum atomic E-state index is 11.8. The van der Waals surface area contributed by atoms with Crippen LogP contribution in [-0.4, -0.2) is 49.5 Å². The third-order valence-corrected chi connectivity index (χ3v) is 2.64. The van der Waals surface area contributed by atoms with Crippen LogP contribution in [0.25, 0.3) is 0 Å². The third kappa shape index (κ3) is 6.20. The lowest BCUT2D eigenvalue weighted by Crippen LogP contribution is -2.27. The third-order valence-electron chi connectivity index (χ3n) is 2.64. The molecule has 2 N–H and O–H groups in total. The summed E-state index contributed by atoms with van der Waals surface area (Å²) in [7, 11) is 4.04. The number of nitrogens with zero attached hydrogens (tertiary/aromatic N) is 2. The van der Waals surface area contributed by atoms with Gasteiger partial charge in [-0.1, -0.05) is 6.92 Å². The van der Waals surface area contributed by atoms with Gasteiger partial charge in [0.05, 0.1) is 11.9 Å². The Morgan fingerprint density at radius 1 is 1.32 bits per heavy atom. The molecule has 0 radical (unpaired) electrons. The van der Waals surface area contributed by atoms with Gasteiger partial charge >= 0.3 is 0 Å². The van der Waals surface area contributed by atoms with Crippen molar-refractivity contribution in [3.8, 4) is 0 Å². The number of hydrogen-bond acceptors (Lipinski definition) is 4. The molecule has 1 amide bonds. The zero-order valence-corrected chi connectivity index (χ0v) is 12.1. The first kappa shape index (κ1) is 15.4. The Balaban J connectivity index is 2.36. The second kappa shape index (κ2) is 8.48.